The minimum absolute atomic E-state index is 0.208. The Morgan fingerprint density at radius 2 is 2.14 bits per heavy atom. The molecule has 2 atom stereocenters. The van der Waals surface area contributed by atoms with Crippen molar-refractivity contribution < 1.29 is 14.4 Å². The second-order valence-corrected chi connectivity index (χ2v) is 5.28. The molecule has 7 heteroatoms. The smallest absolute Gasteiger partial charge is 0.307 e. The van der Waals surface area contributed by atoms with Gasteiger partial charge in [0.2, 0.25) is 11.7 Å². The zero-order valence-corrected chi connectivity index (χ0v) is 11.7. The first-order valence-corrected chi connectivity index (χ1v) is 7.01. The quantitative estimate of drug-likeness (QED) is 0.923. The third-order valence-corrected chi connectivity index (χ3v) is 3.85. The van der Waals surface area contributed by atoms with Gasteiger partial charge in [-0.1, -0.05) is 18.0 Å². The highest BCUT2D eigenvalue weighted by atomic mass is 16.5. The number of aliphatic carboxylic acids is 1. The van der Waals surface area contributed by atoms with Gasteiger partial charge in [-0.25, -0.2) is 9.97 Å². The fraction of sp³-hybridized carbons (Fsp3) is 0.500. The van der Waals surface area contributed by atoms with Gasteiger partial charge >= 0.3 is 5.97 Å². The zero-order chi connectivity index (χ0) is 14.8. The molecule has 1 aliphatic carbocycles. The summed E-state index contributed by atoms with van der Waals surface area (Å²) in [6.45, 7) is 1.78. The standard InChI is InChI=1S/C14H16N4O3/c1-8-15-7-6-11(16-8)12-17-13(21-18-12)9-4-2-3-5-10(9)14(19)20/h6-7,9-10H,2-5H2,1H3,(H,19,20). The van der Waals surface area contributed by atoms with Crippen LogP contribution >= 0.6 is 0 Å². The van der Waals surface area contributed by atoms with Crippen molar-refractivity contribution in [3.8, 4) is 11.5 Å². The second kappa shape index (κ2) is 5.59. The lowest BCUT2D eigenvalue weighted by Crippen LogP contribution is -2.25. The highest BCUT2D eigenvalue weighted by molar-refractivity contribution is 5.71. The third kappa shape index (κ3) is 2.76. The van der Waals surface area contributed by atoms with Gasteiger partial charge in [-0.3, -0.25) is 4.79 Å². The molecule has 0 aliphatic heterocycles. The molecule has 0 amide bonds. The van der Waals surface area contributed by atoms with Crippen LogP contribution in [-0.4, -0.2) is 31.2 Å². The van der Waals surface area contributed by atoms with Crippen molar-refractivity contribution in [2.75, 3.05) is 0 Å². The summed E-state index contributed by atoms with van der Waals surface area (Å²) in [5.74, 6) is -0.0459. The number of nitrogens with zero attached hydrogens (tertiary/aromatic N) is 4. The summed E-state index contributed by atoms with van der Waals surface area (Å²) in [7, 11) is 0. The minimum Gasteiger partial charge on any atom is -0.481 e. The molecule has 0 bridgehead atoms. The summed E-state index contributed by atoms with van der Waals surface area (Å²) in [4.78, 5) is 24.0. The molecule has 0 aromatic carbocycles. The molecule has 21 heavy (non-hydrogen) atoms. The first kappa shape index (κ1) is 13.7. The van der Waals surface area contributed by atoms with E-state index in [1.54, 1.807) is 19.2 Å². The molecule has 3 rings (SSSR count). The van der Waals surface area contributed by atoms with Crippen molar-refractivity contribution in [3.05, 3.63) is 24.0 Å². The fourth-order valence-corrected chi connectivity index (χ4v) is 2.79. The van der Waals surface area contributed by atoms with Crippen LogP contribution in [-0.2, 0) is 4.79 Å². The molecule has 0 radical (unpaired) electrons. The van der Waals surface area contributed by atoms with Crippen molar-refractivity contribution in [2.45, 2.75) is 38.5 Å². The van der Waals surface area contributed by atoms with E-state index in [2.05, 4.69) is 20.1 Å². The Morgan fingerprint density at radius 1 is 1.33 bits per heavy atom. The molecule has 1 N–H and O–H groups in total. The number of rotatable bonds is 3. The first-order valence-electron chi connectivity index (χ1n) is 7.01. The van der Waals surface area contributed by atoms with E-state index in [9.17, 15) is 9.90 Å². The fourth-order valence-electron chi connectivity index (χ4n) is 2.79. The lowest BCUT2D eigenvalue weighted by atomic mass is 9.79. The van der Waals surface area contributed by atoms with Crippen molar-refractivity contribution >= 4 is 5.97 Å². The minimum atomic E-state index is -0.794. The van der Waals surface area contributed by atoms with Gasteiger partial charge in [0.05, 0.1) is 11.8 Å². The van der Waals surface area contributed by atoms with Gasteiger partial charge in [0, 0.05) is 6.20 Å². The highest BCUT2D eigenvalue weighted by Crippen LogP contribution is 2.37. The number of hydrogen-bond acceptors (Lipinski definition) is 6. The van der Waals surface area contributed by atoms with Crippen LogP contribution in [0.15, 0.2) is 16.8 Å². The van der Waals surface area contributed by atoms with Crippen molar-refractivity contribution in [1.82, 2.24) is 20.1 Å². The van der Waals surface area contributed by atoms with E-state index in [4.69, 9.17) is 4.52 Å². The van der Waals surface area contributed by atoms with Crippen molar-refractivity contribution in [1.29, 1.82) is 0 Å². The van der Waals surface area contributed by atoms with Crippen LogP contribution in [0.1, 0.15) is 43.3 Å². The summed E-state index contributed by atoms with van der Waals surface area (Å²) in [6, 6.07) is 1.71. The molecule has 2 unspecified atom stereocenters. The molecular formula is C14H16N4O3. The maximum atomic E-state index is 11.3. The summed E-state index contributed by atoms with van der Waals surface area (Å²) >= 11 is 0. The largest absolute Gasteiger partial charge is 0.481 e. The van der Waals surface area contributed by atoms with E-state index in [-0.39, 0.29) is 5.92 Å². The topological polar surface area (TPSA) is 102 Å². The van der Waals surface area contributed by atoms with E-state index >= 15 is 0 Å². The zero-order valence-electron chi connectivity index (χ0n) is 11.7. The Bertz CT molecular complexity index is 655. The average Bonchev–Trinajstić information content (AvgIpc) is 2.97. The molecule has 1 fully saturated rings. The number of carboxylic acids is 1. The summed E-state index contributed by atoms with van der Waals surface area (Å²) in [5, 5.41) is 13.2. The predicted molar refractivity (Wildman–Crippen MR) is 72.4 cm³/mol. The number of aromatic nitrogens is 4. The number of hydrogen-bond donors (Lipinski definition) is 1. The Labute approximate surface area is 121 Å². The molecule has 0 spiro atoms. The molecule has 7 nitrogen and oxygen atoms in total. The predicted octanol–water partition coefficient (Wildman–Crippen LogP) is 2.19. The Balaban J connectivity index is 1.88. The molecule has 2 aromatic heterocycles. The van der Waals surface area contributed by atoms with Crippen LogP contribution < -0.4 is 0 Å². The maximum absolute atomic E-state index is 11.3. The van der Waals surface area contributed by atoms with E-state index in [1.165, 1.54) is 0 Å². The average molecular weight is 288 g/mol. The maximum Gasteiger partial charge on any atom is 0.307 e. The SMILES string of the molecule is Cc1nccc(-c2noc(C3CCCCC3C(=O)O)n2)n1. The Morgan fingerprint density at radius 3 is 2.90 bits per heavy atom. The van der Waals surface area contributed by atoms with E-state index in [0.717, 1.165) is 19.3 Å². The van der Waals surface area contributed by atoms with Crippen molar-refractivity contribution in [3.63, 3.8) is 0 Å². The van der Waals surface area contributed by atoms with Crippen LogP contribution in [0.3, 0.4) is 0 Å². The first-order chi connectivity index (χ1) is 10.1. The van der Waals surface area contributed by atoms with Gasteiger partial charge < -0.3 is 9.63 Å². The molecule has 1 aliphatic rings. The summed E-state index contributed by atoms with van der Waals surface area (Å²) < 4.78 is 5.29. The van der Waals surface area contributed by atoms with Crippen LogP contribution in [0.25, 0.3) is 11.5 Å². The molecule has 2 heterocycles. The highest BCUT2D eigenvalue weighted by Gasteiger charge is 2.35. The molecular weight excluding hydrogens is 272 g/mol. The van der Waals surface area contributed by atoms with Crippen molar-refractivity contribution in [2.24, 2.45) is 5.92 Å². The lowest BCUT2D eigenvalue weighted by Gasteiger charge is -2.25. The summed E-state index contributed by atoms with van der Waals surface area (Å²) in [5.41, 5.74) is 0.584. The van der Waals surface area contributed by atoms with E-state index < -0.39 is 11.9 Å². The summed E-state index contributed by atoms with van der Waals surface area (Å²) in [6.07, 6.45) is 4.97. The molecule has 110 valence electrons. The van der Waals surface area contributed by atoms with Gasteiger partial charge in [-0.2, -0.15) is 4.98 Å². The van der Waals surface area contributed by atoms with Gasteiger partial charge in [0.25, 0.3) is 0 Å². The second-order valence-electron chi connectivity index (χ2n) is 5.28. The van der Waals surface area contributed by atoms with Gasteiger partial charge in [-0.05, 0) is 25.8 Å². The number of carboxylic acid groups (broad SMARTS) is 1. The van der Waals surface area contributed by atoms with Gasteiger partial charge in [-0.15, -0.1) is 0 Å². The Hall–Kier alpha value is -2.31. The van der Waals surface area contributed by atoms with Crippen LogP contribution in [0.5, 0.6) is 0 Å². The van der Waals surface area contributed by atoms with Crippen LogP contribution in [0, 0.1) is 12.8 Å². The van der Waals surface area contributed by atoms with Crippen LogP contribution in [0.4, 0.5) is 0 Å². The van der Waals surface area contributed by atoms with Gasteiger partial charge in [0.1, 0.15) is 11.5 Å². The van der Waals surface area contributed by atoms with Gasteiger partial charge in [0.15, 0.2) is 0 Å². The van der Waals surface area contributed by atoms with Crippen LogP contribution in [0.2, 0.25) is 0 Å². The van der Waals surface area contributed by atoms with E-state index in [0.29, 0.717) is 29.7 Å². The molecule has 0 saturated heterocycles. The number of aryl methyl sites for hydroxylation is 1. The van der Waals surface area contributed by atoms with E-state index in [1.807, 2.05) is 0 Å². The monoisotopic (exact) mass is 288 g/mol. The number of carbonyl (C=O) groups is 1. The lowest BCUT2D eigenvalue weighted by molar-refractivity contribution is -0.143. The Kier molecular flexibility index (Phi) is 3.64. The molecule has 2 aromatic rings. The normalized spacial score (nSPS) is 22.1. The molecule has 1 saturated carbocycles. The third-order valence-electron chi connectivity index (χ3n) is 3.85.